The summed E-state index contributed by atoms with van der Waals surface area (Å²) in [4.78, 5) is 0. The lowest BCUT2D eigenvalue weighted by atomic mass is 10.0. The van der Waals surface area contributed by atoms with Crippen molar-refractivity contribution in [3.8, 4) is 6.07 Å². The Morgan fingerprint density at radius 1 is 1.56 bits per heavy atom. The van der Waals surface area contributed by atoms with E-state index < -0.39 is 0 Å². The van der Waals surface area contributed by atoms with E-state index in [4.69, 9.17) is 16.9 Å². The van der Waals surface area contributed by atoms with E-state index in [-0.39, 0.29) is 5.54 Å². The van der Waals surface area contributed by atoms with Gasteiger partial charge in [-0.05, 0) is 38.1 Å². The molecule has 16 heavy (non-hydrogen) atoms. The van der Waals surface area contributed by atoms with Crippen LogP contribution in [0.3, 0.4) is 0 Å². The first-order valence-electron chi connectivity index (χ1n) is 5.31. The molecule has 0 saturated carbocycles. The van der Waals surface area contributed by atoms with Gasteiger partial charge in [-0.3, -0.25) is 0 Å². The van der Waals surface area contributed by atoms with E-state index in [1.165, 1.54) is 0 Å². The Bertz CT molecular complexity index is 430. The third-order valence-corrected chi connectivity index (χ3v) is 3.22. The maximum absolute atomic E-state index is 8.75. The lowest BCUT2D eigenvalue weighted by Gasteiger charge is -2.26. The third-order valence-electron chi connectivity index (χ3n) is 2.90. The van der Waals surface area contributed by atoms with Crippen LogP contribution in [0.5, 0.6) is 0 Å². The van der Waals surface area contributed by atoms with Crippen LogP contribution in [0.2, 0.25) is 5.02 Å². The molecule has 2 N–H and O–H groups in total. The first kappa shape index (κ1) is 11.3. The molecule has 0 radical (unpaired) electrons. The van der Waals surface area contributed by atoms with Crippen molar-refractivity contribution >= 4 is 17.3 Å². The van der Waals surface area contributed by atoms with Gasteiger partial charge in [-0.2, -0.15) is 5.26 Å². The van der Waals surface area contributed by atoms with Crippen molar-refractivity contribution in [3.05, 3.63) is 28.8 Å². The molecule has 1 unspecified atom stereocenters. The molecule has 1 atom stereocenters. The Hall–Kier alpha value is -1.24. The van der Waals surface area contributed by atoms with Gasteiger partial charge in [-0.25, -0.2) is 0 Å². The number of nitriles is 1. The molecule has 1 fully saturated rings. The summed E-state index contributed by atoms with van der Waals surface area (Å²) < 4.78 is 0. The second-order valence-corrected chi connectivity index (χ2v) is 4.83. The van der Waals surface area contributed by atoms with E-state index in [1.54, 1.807) is 12.1 Å². The molecule has 3 nitrogen and oxygen atoms in total. The number of hydrogen-bond acceptors (Lipinski definition) is 3. The number of hydrogen-bond donors (Lipinski definition) is 2. The molecule has 84 valence electrons. The molecule has 1 heterocycles. The van der Waals surface area contributed by atoms with Crippen LogP contribution in [-0.4, -0.2) is 18.6 Å². The molecule has 1 aromatic carbocycles. The van der Waals surface area contributed by atoms with Gasteiger partial charge in [0, 0.05) is 12.1 Å². The SMILES string of the molecule is CC1(Nc2ccc(C#N)cc2Cl)CCNC1. The summed E-state index contributed by atoms with van der Waals surface area (Å²) >= 11 is 6.11. The number of nitrogens with one attached hydrogen (secondary N) is 2. The zero-order chi connectivity index (χ0) is 11.6. The molecule has 0 bridgehead atoms. The second kappa shape index (κ2) is 4.32. The third kappa shape index (κ3) is 2.29. The number of rotatable bonds is 2. The molecule has 0 spiro atoms. The highest BCUT2D eigenvalue weighted by molar-refractivity contribution is 6.33. The fraction of sp³-hybridized carbons (Fsp3) is 0.417. The fourth-order valence-corrected chi connectivity index (χ4v) is 2.16. The number of benzene rings is 1. The molecule has 0 aromatic heterocycles. The van der Waals surface area contributed by atoms with Gasteiger partial charge in [0.15, 0.2) is 0 Å². The second-order valence-electron chi connectivity index (χ2n) is 4.42. The van der Waals surface area contributed by atoms with E-state index in [9.17, 15) is 0 Å². The molecule has 2 rings (SSSR count). The highest BCUT2D eigenvalue weighted by atomic mass is 35.5. The maximum atomic E-state index is 8.75. The summed E-state index contributed by atoms with van der Waals surface area (Å²) in [6, 6.07) is 7.41. The van der Waals surface area contributed by atoms with Gasteiger partial charge < -0.3 is 10.6 Å². The maximum Gasteiger partial charge on any atom is 0.0992 e. The quantitative estimate of drug-likeness (QED) is 0.828. The minimum atomic E-state index is 0.0534. The van der Waals surface area contributed by atoms with Gasteiger partial charge in [-0.15, -0.1) is 0 Å². The van der Waals surface area contributed by atoms with E-state index in [0.717, 1.165) is 25.2 Å². The minimum Gasteiger partial charge on any atom is -0.377 e. The minimum absolute atomic E-state index is 0.0534. The number of anilines is 1. The van der Waals surface area contributed by atoms with Crippen molar-refractivity contribution in [2.45, 2.75) is 18.9 Å². The first-order chi connectivity index (χ1) is 7.63. The molecular weight excluding hydrogens is 222 g/mol. The molecule has 1 aliphatic heterocycles. The summed E-state index contributed by atoms with van der Waals surface area (Å²) in [6.45, 7) is 4.13. The molecule has 1 aliphatic rings. The van der Waals surface area contributed by atoms with Crippen molar-refractivity contribution in [1.29, 1.82) is 5.26 Å². The highest BCUT2D eigenvalue weighted by Crippen LogP contribution is 2.28. The zero-order valence-corrected chi connectivity index (χ0v) is 9.93. The monoisotopic (exact) mass is 235 g/mol. The van der Waals surface area contributed by atoms with Crippen LogP contribution in [-0.2, 0) is 0 Å². The molecule has 0 amide bonds. The average Bonchev–Trinajstić information content (AvgIpc) is 2.68. The van der Waals surface area contributed by atoms with E-state index in [0.29, 0.717) is 10.6 Å². The van der Waals surface area contributed by atoms with Crippen LogP contribution >= 0.6 is 11.6 Å². The highest BCUT2D eigenvalue weighted by Gasteiger charge is 2.28. The van der Waals surface area contributed by atoms with E-state index >= 15 is 0 Å². The van der Waals surface area contributed by atoms with Crippen LogP contribution in [0.4, 0.5) is 5.69 Å². The van der Waals surface area contributed by atoms with E-state index in [2.05, 4.69) is 23.6 Å². The fourth-order valence-electron chi connectivity index (χ4n) is 1.93. The van der Waals surface area contributed by atoms with Crippen LogP contribution in [0, 0.1) is 11.3 Å². The summed E-state index contributed by atoms with van der Waals surface area (Å²) in [5.74, 6) is 0. The van der Waals surface area contributed by atoms with Gasteiger partial charge in [0.25, 0.3) is 0 Å². The predicted molar refractivity (Wildman–Crippen MR) is 65.7 cm³/mol. The molecule has 1 aromatic rings. The van der Waals surface area contributed by atoms with Crippen molar-refractivity contribution < 1.29 is 0 Å². The van der Waals surface area contributed by atoms with E-state index in [1.807, 2.05) is 6.07 Å². The van der Waals surface area contributed by atoms with Gasteiger partial charge in [0.2, 0.25) is 0 Å². The first-order valence-corrected chi connectivity index (χ1v) is 5.69. The van der Waals surface area contributed by atoms with Crippen LogP contribution in [0.1, 0.15) is 18.9 Å². The standard InChI is InChI=1S/C12H14ClN3/c1-12(4-5-15-8-12)16-11-3-2-9(7-14)6-10(11)13/h2-3,6,15-16H,4-5,8H2,1H3. The molecule has 4 heteroatoms. The molecule has 1 saturated heterocycles. The zero-order valence-electron chi connectivity index (χ0n) is 9.18. The summed E-state index contributed by atoms with van der Waals surface area (Å²) in [5, 5.41) is 16.1. The van der Waals surface area contributed by atoms with Gasteiger partial charge >= 0.3 is 0 Å². The van der Waals surface area contributed by atoms with Gasteiger partial charge in [-0.1, -0.05) is 11.6 Å². The topological polar surface area (TPSA) is 47.9 Å². The Morgan fingerprint density at radius 2 is 2.38 bits per heavy atom. The molecule has 0 aliphatic carbocycles. The Morgan fingerprint density at radius 3 is 2.94 bits per heavy atom. The van der Waals surface area contributed by atoms with Crippen molar-refractivity contribution in [2.75, 3.05) is 18.4 Å². The number of nitrogens with zero attached hydrogens (tertiary/aromatic N) is 1. The summed E-state index contributed by atoms with van der Waals surface area (Å²) in [6.07, 6.45) is 1.07. The Labute approximate surface area is 100 Å². The van der Waals surface area contributed by atoms with Crippen LogP contribution in [0.25, 0.3) is 0 Å². The normalized spacial score (nSPS) is 24.1. The van der Waals surface area contributed by atoms with Gasteiger partial charge in [0.1, 0.15) is 0 Å². The van der Waals surface area contributed by atoms with Gasteiger partial charge in [0.05, 0.1) is 22.3 Å². The number of halogens is 1. The summed E-state index contributed by atoms with van der Waals surface area (Å²) in [5.41, 5.74) is 1.54. The molecular formula is C12H14ClN3. The van der Waals surface area contributed by atoms with Crippen LogP contribution < -0.4 is 10.6 Å². The largest absolute Gasteiger partial charge is 0.377 e. The Balaban J connectivity index is 2.19. The predicted octanol–water partition coefficient (Wildman–Crippen LogP) is 2.38. The van der Waals surface area contributed by atoms with Crippen molar-refractivity contribution in [2.24, 2.45) is 0 Å². The lowest BCUT2D eigenvalue weighted by molar-refractivity contribution is 0.567. The summed E-state index contributed by atoms with van der Waals surface area (Å²) in [7, 11) is 0. The Kier molecular flexibility index (Phi) is 3.04. The van der Waals surface area contributed by atoms with Crippen molar-refractivity contribution in [3.63, 3.8) is 0 Å². The van der Waals surface area contributed by atoms with Crippen LogP contribution in [0.15, 0.2) is 18.2 Å². The lowest BCUT2D eigenvalue weighted by Crippen LogP contribution is -2.36. The van der Waals surface area contributed by atoms with Crippen molar-refractivity contribution in [1.82, 2.24) is 5.32 Å². The smallest absolute Gasteiger partial charge is 0.0992 e. The average molecular weight is 236 g/mol.